The minimum absolute atomic E-state index is 0.308. The lowest BCUT2D eigenvalue weighted by Crippen LogP contribution is -2.05. The number of ether oxygens (including phenoxy) is 1. The third kappa shape index (κ3) is 3.05. The molecule has 3 heteroatoms. The van der Waals surface area contributed by atoms with Crippen molar-refractivity contribution in [1.29, 1.82) is 0 Å². The average Bonchev–Trinajstić information content (AvgIpc) is 3.18. The topological polar surface area (TPSA) is 42.1 Å². The number of esters is 1. The molecule has 0 aliphatic rings. The molecule has 0 saturated carbocycles. The Hall–Kier alpha value is -3.85. The van der Waals surface area contributed by atoms with Gasteiger partial charge in [0.25, 0.3) is 0 Å². The molecule has 3 nitrogen and oxygen atoms in total. The molecule has 1 aromatic heterocycles. The van der Waals surface area contributed by atoms with Crippen molar-refractivity contribution in [2.24, 2.45) is 0 Å². The standard InChI is InChI=1S/C27H21NO2/c1-2-30-27(29)25-23-17-20(22-14-8-12-18-9-6-7-13-21(18)22)15-16-24(23)28-26(25)19-10-4-3-5-11-19/h3-17,28H,2H2,1H3. The maximum atomic E-state index is 12.9. The molecule has 0 unspecified atom stereocenters. The van der Waals surface area contributed by atoms with Gasteiger partial charge in [0, 0.05) is 10.9 Å². The van der Waals surface area contributed by atoms with Crippen LogP contribution in [0.3, 0.4) is 0 Å². The molecule has 0 atom stereocenters. The predicted molar refractivity (Wildman–Crippen MR) is 123 cm³/mol. The van der Waals surface area contributed by atoms with E-state index < -0.39 is 0 Å². The lowest BCUT2D eigenvalue weighted by atomic mass is 9.96. The van der Waals surface area contributed by atoms with E-state index in [0.29, 0.717) is 12.2 Å². The summed E-state index contributed by atoms with van der Waals surface area (Å²) >= 11 is 0. The average molecular weight is 391 g/mol. The van der Waals surface area contributed by atoms with E-state index in [2.05, 4.69) is 53.5 Å². The van der Waals surface area contributed by atoms with E-state index in [-0.39, 0.29) is 5.97 Å². The first-order valence-electron chi connectivity index (χ1n) is 10.1. The van der Waals surface area contributed by atoms with Gasteiger partial charge in [-0.3, -0.25) is 0 Å². The molecule has 0 fully saturated rings. The van der Waals surface area contributed by atoms with Crippen LogP contribution < -0.4 is 0 Å². The van der Waals surface area contributed by atoms with Crippen LogP contribution in [0.5, 0.6) is 0 Å². The highest BCUT2D eigenvalue weighted by molar-refractivity contribution is 6.11. The molecule has 0 aliphatic carbocycles. The fraction of sp³-hybridized carbons (Fsp3) is 0.0741. The number of rotatable bonds is 4. The summed E-state index contributed by atoms with van der Waals surface area (Å²) in [4.78, 5) is 16.4. The van der Waals surface area contributed by atoms with Gasteiger partial charge in [0.15, 0.2) is 0 Å². The molecular weight excluding hydrogens is 370 g/mol. The van der Waals surface area contributed by atoms with Gasteiger partial charge >= 0.3 is 5.97 Å². The molecule has 0 amide bonds. The number of carbonyl (C=O) groups excluding carboxylic acids is 1. The number of benzene rings is 4. The van der Waals surface area contributed by atoms with Gasteiger partial charge < -0.3 is 9.72 Å². The lowest BCUT2D eigenvalue weighted by molar-refractivity contribution is 0.0529. The van der Waals surface area contributed by atoms with Crippen LogP contribution in [-0.4, -0.2) is 17.6 Å². The zero-order chi connectivity index (χ0) is 20.5. The second-order valence-corrected chi connectivity index (χ2v) is 7.25. The summed E-state index contributed by atoms with van der Waals surface area (Å²) in [5.74, 6) is -0.308. The summed E-state index contributed by atoms with van der Waals surface area (Å²) in [5, 5.41) is 3.26. The Morgan fingerprint density at radius 3 is 2.40 bits per heavy atom. The van der Waals surface area contributed by atoms with Gasteiger partial charge in [0.1, 0.15) is 0 Å². The van der Waals surface area contributed by atoms with E-state index in [4.69, 9.17) is 4.74 Å². The van der Waals surface area contributed by atoms with Crippen molar-refractivity contribution >= 4 is 27.6 Å². The molecule has 1 heterocycles. The zero-order valence-electron chi connectivity index (χ0n) is 16.7. The van der Waals surface area contributed by atoms with Crippen LogP contribution in [-0.2, 0) is 4.74 Å². The Morgan fingerprint density at radius 2 is 1.57 bits per heavy atom. The van der Waals surface area contributed by atoms with Crippen molar-refractivity contribution < 1.29 is 9.53 Å². The summed E-state index contributed by atoms with van der Waals surface area (Å²) in [5.41, 5.74) is 5.47. The molecule has 30 heavy (non-hydrogen) atoms. The summed E-state index contributed by atoms with van der Waals surface area (Å²) in [6.07, 6.45) is 0. The van der Waals surface area contributed by atoms with Crippen LogP contribution in [0.4, 0.5) is 0 Å². The molecule has 1 N–H and O–H groups in total. The lowest BCUT2D eigenvalue weighted by Gasteiger charge is -2.08. The molecule has 0 saturated heterocycles. The SMILES string of the molecule is CCOC(=O)c1c(-c2ccccc2)[nH]c2ccc(-c3cccc4ccccc34)cc12. The summed E-state index contributed by atoms with van der Waals surface area (Å²) in [6, 6.07) is 30.8. The number of hydrogen-bond donors (Lipinski definition) is 1. The van der Waals surface area contributed by atoms with E-state index >= 15 is 0 Å². The molecule has 0 radical (unpaired) electrons. The Morgan fingerprint density at radius 1 is 0.800 bits per heavy atom. The van der Waals surface area contributed by atoms with Gasteiger partial charge in [-0.2, -0.15) is 0 Å². The van der Waals surface area contributed by atoms with Crippen molar-refractivity contribution in [3.05, 3.63) is 96.6 Å². The second-order valence-electron chi connectivity index (χ2n) is 7.25. The smallest absolute Gasteiger partial charge is 0.340 e. The summed E-state index contributed by atoms with van der Waals surface area (Å²) in [6.45, 7) is 2.17. The number of nitrogens with one attached hydrogen (secondary N) is 1. The Labute approximate surface area is 174 Å². The zero-order valence-corrected chi connectivity index (χ0v) is 16.7. The molecular formula is C27H21NO2. The van der Waals surface area contributed by atoms with Crippen LogP contribution in [0, 0.1) is 0 Å². The van der Waals surface area contributed by atoms with Crippen LogP contribution in [0.25, 0.3) is 44.1 Å². The van der Waals surface area contributed by atoms with Crippen LogP contribution >= 0.6 is 0 Å². The predicted octanol–water partition coefficient (Wildman–Crippen LogP) is 6.83. The third-order valence-electron chi connectivity index (χ3n) is 5.44. The van der Waals surface area contributed by atoms with Crippen molar-refractivity contribution in [1.82, 2.24) is 4.98 Å². The van der Waals surface area contributed by atoms with E-state index in [0.717, 1.165) is 33.3 Å². The highest BCUT2D eigenvalue weighted by atomic mass is 16.5. The van der Waals surface area contributed by atoms with Gasteiger partial charge in [0.05, 0.1) is 17.9 Å². The fourth-order valence-corrected chi connectivity index (χ4v) is 4.07. The Balaban J connectivity index is 1.76. The normalized spacial score (nSPS) is 11.1. The first kappa shape index (κ1) is 18.2. The van der Waals surface area contributed by atoms with Gasteiger partial charge in [-0.1, -0.05) is 78.9 Å². The van der Waals surface area contributed by atoms with Gasteiger partial charge in [-0.05, 0) is 46.5 Å². The van der Waals surface area contributed by atoms with Crippen molar-refractivity contribution in [2.45, 2.75) is 6.92 Å². The first-order valence-corrected chi connectivity index (χ1v) is 10.1. The van der Waals surface area contributed by atoms with Crippen molar-refractivity contribution in [3.63, 3.8) is 0 Å². The van der Waals surface area contributed by atoms with Crippen LogP contribution in [0.15, 0.2) is 91.0 Å². The quantitative estimate of drug-likeness (QED) is 0.341. The Bertz CT molecular complexity index is 1360. The largest absolute Gasteiger partial charge is 0.462 e. The number of aromatic nitrogens is 1. The van der Waals surface area contributed by atoms with E-state index in [1.165, 1.54) is 10.8 Å². The molecule has 5 rings (SSSR count). The molecule has 146 valence electrons. The number of carbonyl (C=O) groups is 1. The highest BCUT2D eigenvalue weighted by Gasteiger charge is 2.21. The molecule has 4 aromatic carbocycles. The third-order valence-corrected chi connectivity index (χ3v) is 5.44. The monoisotopic (exact) mass is 391 g/mol. The minimum Gasteiger partial charge on any atom is -0.462 e. The minimum atomic E-state index is -0.308. The van der Waals surface area contributed by atoms with Gasteiger partial charge in [-0.15, -0.1) is 0 Å². The molecule has 0 bridgehead atoms. The van der Waals surface area contributed by atoms with Gasteiger partial charge in [0.2, 0.25) is 0 Å². The van der Waals surface area contributed by atoms with Crippen LogP contribution in [0.1, 0.15) is 17.3 Å². The van der Waals surface area contributed by atoms with E-state index in [1.54, 1.807) is 0 Å². The van der Waals surface area contributed by atoms with E-state index in [1.807, 2.05) is 49.4 Å². The first-order chi connectivity index (χ1) is 14.8. The fourth-order valence-electron chi connectivity index (χ4n) is 4.07. The molecule has 0 aliphatic heterocycles. The maximum Gasteiger partial charge on any atom is 0.340 e. The number of hydrogen-bond acceptors (Lipinski definition) is 2. The summed E-state index contributed by atoms with van der Waals surface area (Å²) in [7, 11) is 0. The molecule has 0 spiro atoms. The number of H-pyrrole nitrogens is 1. The second kappa shape index (κ2) is 7.53. The summed E-state index contributed by atoms with van der Waals surface area (Å²) < 4.78 is 5.41. The molecule has 5 aromatic rings. The van der Waals surface area contributed by atoms with Crippen molar-refractivity contribution in [2.75, 3.05) is 6.61 Å². The maximum absolute atomic E-state index is 12.9. The van der Waals surface area contributed by atoms with Crippen LogP contribution in [0.2, 0.25) is 0 Å². The van der Waals surface area contributed by atoms with Crippen molar-refractivity contribution in [3.8, 4) is 22.4 Å². The van der Waals surface area contributed by atoms with E-state index in [9.17, 15) is 4.79 Å². The Kier molecular flexibility index (Phi) is 4.56. The number of fused-ring (bicyclic) bond motifs is 2. The number of aromatic amines is 1. The van der Waals surface area contributed by atoms with Gasteiger partial charge in [-0.25, -0.2) is 4.79 Å². The highest BCUT2D eigenvalue weighted by Crippen LogP contribution is 2.35.